The van der Waals surface area contributed by atoms with E-state index in [2.05, 4.69) is 0 Å². The van der Waals surface area contributed by atoms with Gasteiger partial charge in [-0.1, -0.05) is 30.6 Å². The summed E-state index contributed by atoms with van der Waals surface area (Å²) >= 11 is 0. The van der Waals surface area contributed by atoms with Gasteiger partial charge >= 0.3 is 11.9 Å². The molecule has 0 radical (unpaired) electrons. The van der Waals surface area contributed by atoms with Gasteiger partial charge in [-0.15, -0.1) is 0 Å². The van der Waals surface area contributed by atoms with E-state index in [-0.39, 0.29) is 67.5 Å². The number of aliphatic carboxylic acids is 2. The summed E-state index contributed by atoms with van der Waals surface area (Å²) in [4.78, 5) is 79.6. The SMILES string of the molecule is CCOc1cc(C2C3=CCC4C(=O)N(CCCCCC(=O)O)C(=O)C4C3CC3C(=O)N(CCCCCC(=O)O)C(=O)C32)ccc1O. The van der Waals surface area contributed by atoms with E-state index in [0.29, 0.717) is 57.1 Å². The molecule has 2 saturated heterocycles. The number of amides is 4. The zero-order chi connectivity index (χ0) is 33.1. The van der Waals surface area contributed by atoms with Crippen molar-refractivity contribution in [1.82, 2.24) is 9.80 Å². The number of phenols is 1. The molecule has 4 amide bonds. The highest BCUT2D eigenvalue weighted by Crippen LogP contribution is 2.58. The molecule has 6 unspecified atom stereocenters. The van der Waals surface area contributed by atoms with Crippen LogP contribution in [0, 0.1) is 29.6 Å². The van der Waals surface area contributed by atoms with Crippen LogP contribution in [0.2, 0.25) is 0 Å². The summed E-state index contributed by atoms with van der Waals surface area (Å²) < 4.78 is 5.65. The predicted molar refractivity (Wildman–Crippen MR) is 162 cm³/mol. The summed E-state index contributed by atoms with van der Waals surface area (Å²) in [5.41, 5.74) is 1.53. The number of carboxylic acids is 2. The largest absolute Gasteiger partial charge is 0.504 e. The number of ether oxygens (including phenoxy) is 1. The van der Waals surface area contributed by atoms with Gasteiger partial charge in [0.05, 0.1) is 30.3 Å². The number of phenolic OH excluding ortho intramolecular Hbond substituents is 1. The van der Waals surface area contributed by atoms with E-state index < -0.39 is 47.4 Å². The molecular weight excluding hydrogens is 596 g/mol. The summed E-state index contributed by atoms with van der Waals surface area (Å²) in [6.07, 6.45) is 5.61. The fourth-order valence-electron chi connectivity index (χ4n) is 7.98. The van der Waals surface area contributed by atoms with Crippen molar-refractivity contribution in [2.75, 3.05) is 19.7 Å². The summed E-state index contributed by atoms with van der Waals surface area (Å²) in [6.45, 7) is 2.49. The first-order chi connectivity index (χ1) is 22.0. The lowest BCUT2D eigenvalue weighted by Gasteiger charge is -2.44. The average Bonchev–Trinajstić information content (AvgIpc) is 3.40. The van der Waals surface area contributed by atoms with Crippen LogP contribution in [0.15, 0.2) is 29.8 Å². The molecule has 0 spiro atoms. The molecular formula is C34H42N2O10. The van der Waals surface area contributed by atoms with E-state index >= 15 is 0 Å². The highest BCUT2D eigenvalue weighted by atomic mass is 16.5. The van der Waals surface area contributed by atoms with Gasteiger partial charge in [0, 0.05) is 31.8 Å². The topological polar surface area (TPSA) is 179 Å². The zero-order valence-electron chi connectivity index (χ0n) is 26.1. The summed E-state index contributed by atoms with van der Waals surface area (Å²) in [7, 11) is 0. The smallest absolute Gasteiger partial charge is 0.303 e. The standard InChI is InChI=1S/C34H42N2O10/c1-2-46-25-17-19(11-14-24(25)37)28-20-12-13-21-29(33(44)35(31(21)42)15-7-3-5-9-26(38)39)22(20)18-23-30(28)34(45)36(32(23)43)16-8-4-6-10-27(40)41/h11-12,14,17,21-23,28-30,37H,2-10,13,15-16,18H2,1H3,(H,38,39)(H,40,41). The summed E-state index contributed by atoms with van der Waals surface area (Å²) in [5.74, 6) is -6.37. The molecule has 248 valence electrons. The van der Waals surface area contributed by atoms with Crippen LogP contribution in [-0.4, -0.2) is 80.4 Å². The number of likely N-dealkylation sites (tertiary alicyclic amines) is 2. The van der Waals surface area contributed by atoms with Crippen molar-refractivity contribution in [3.63, 3.8) is 0 Å². The Labute approximate surface area is 267 Å². The molecule has 5 rings (SSSR count). The number of imide groups is 2. The molecule has 2 aliphatic carbocycles. The molecule has 0 bridgehead atoms. The van der Waals surface area contributed by atoms with Crippen molar-refractivity contribution in [2.24, 2.45) is 29.6 Å². The number of nitrogens with zero attached hydrogens (tertiary/aromatic N) is 2. The molecule has 46 heavy (non-hydrogen) atoms. The van der Waals surface area contributed by atoms with Gasteiger partial charge in [-0.3, -0.25) is 38.6 Å². The number of carbonyl (C=O) groups is 6. The second-order valence-corrected chi connectivity index (χ2v) is 12.7. The molecule has 1 aromatic carbocycles. The van der Waals surface area contributed by atoms with Crippen molar-refractivity contribution >= 4 is 35.6 Å². The number of carbonyl (C=O) groups excluding carboxylic acids is 4. The van der Waals surface area contributed by atoms with Gasteiger partial charge in [-0.2, -0.15) is 0 Å². The van der Waals surface area contributed by atoms with Crippen LogP contribution in [-0.2, 0) is 28.8 Å². The zero-order valence-corrected chi connectivity index (χ0v) is 26.1. The third-order valence-corrected chi connectivity index (χ3v) is 10.0. The number of hydrogen-bond acceptors (Lipinski definition) is 8. The number of benzene rings is 1. The number of hydrogen-bond donors (Lipinski definition) is 3. The number of allylic oxidation sites excluding steroid dienone is 2. The monoisotopic (exact) mass is 638 g/mol. The normalized spacial score (nSPS) is 26.9. The van der Waals surface area contributed by atoms with Gasteiger partial charge in [0.25, 0.3) is 0 Å². The highest BCUT2D eigenvalue weighted by molar-refractivity contribution is 6.08. The van der Waals surface area contributed by atoms with Gasteiger partial charge in [0.2, 0.25) is 23.6 Å². The Morgan fingerprint density at radius 2 is 1.37 bits per heavy atom. The maximum absolute atomic E-state index is 14.0. The van der Waals surface area contributed by atoms with Crippen LogP contribution in [0.25, 0.3) is 0 Å². The Bertz CT molecular complexity index is 1440. The molecule has 12 heteroatoms. The Balaban J connectivity index is 1.43. The quantitative estimate of drug-likeness (QED) is 0.146. The van der Waals surface area contributed by atoms with Crippen LogP contribution < -0.4 is 4.74 Å². The lowest BCUT2D eigenvalue weighted by Crippen LogP contribution is -2.43. The third kappa shape index (κ3) is 6.39. The van der Waals surface area contributed by atoms with Gasteiger partial charge in [-0.25, -0.2) is 0 Å². The molecule has 1 saturated carbocycles. The lowest BCUT2D eigenvalue weighted by atomic mass is 9.57. The first kappa shape index (κ1) is 33.2. The van der Waals surface area contributed by atoms with E-state index in [1.165, 1.54) is 15.9 Å². The van der Waals surface area contributed by atoms with Gasteiger partial charge in [-0.05, 0) is 69.1 Å². The second-order valence-electron chi connectivity index (χ2n) is 12.7. The molecule has 2 heterocycles. The number of carboxylic acid groups (broad SMARTS) is 2. The molecule has 2 aliphatic heterocycles. The van der Waals surface area contributed by atoms with E-state index in [1.54, 1.807) is 19.1 Å². The Hall–Kier alpha value is -4.22. The van der Waals surface area contributed by atoms with Crippen LogP contribution in [0.3, 0.4) is 0 Å². The third-order valence-electron chi connectivity index (χ3n) is 10.0. The first-order valence-corrected chi connectivity index (χ1v) is 16.3. The molecule has 4 aliphatic rings. The molecule has 0 aromatic heterocycles. The highest BCUT2D eigenvalue weighted by Gasteiger charge is 2.61. The number of rotatable bonds is 15. The molecule has 3 fully saturated rings. The summed E-state index contributed by atoms with van der Waals surface area (Å²) in [6, 6.07) is 4.91. The first-order valence-electron chi connectivity index (χ1n) is 16.3. The van der Waals surface area contributed by atoms with Gasteiger partial charge in [0.15, 0.2) is 11.5 Å². The fourth-order valence-corrected chi connectivity index (χ4v) is 7.98. The Morgan fingerprint density at radius 1 is 0.783 bits per heavy atom. The minimum atomic E-state index is -0.895. The number of aromatic hydroxyl groups is 1. The minimum absolute atomic E-state index is 0.0166. The minimum Gasteiger partial charge on any atom is -0.504 e. The maximum Gasteiger partial charge on any atom is 0.303 e. The molecule has 1 aromatic rings. The number of fused-ring (bicyclic) bond motifs is 4. The van der Waals surface area contributed by atoms with E-state index in [0.717, 1.165) is 5.57 Å². The Kier molecular flexibility index (Phi) is 10.1. The van der Waals surface area contributed by atoms with Gasteiger partial charge in [0.1, 0.15) is 0 Å². The fraction of sp³-hybridized carbons (Fsp3) is 0.588. The summed E-state index contributed by atoms with van der Waals surface area (Å²) in [5, 5.41) is 28.3. The van der Waals surface area contributed by atoms with Crippen molar-refractivity contribution < 1.29 is 48.8 Å². The van der Waals surface area contributed by atoms with Gasteiger partial charge < -0.3 is 20.1 Å². The second kappa shape index (κ2) is 14.0. The van der Waals surface area contributed by atoms with E-state index in [9.17, 15) is 33.9 Å². The molecule has 12 nitrogen and oxygen atoms in total. The maximum atomic E-state index is 14.0. The van der Waals surface area contributed by atoms with E-state index in [1.807, 2.05) is 6.08 Å². The van der Waals surface area contributed by atoms with E-state index in [4.69, 9.17) is 14.9 Å². The molecule has 3 N–H and O–H groups in total. The predicted octanol–water partition coefficient (Wildman–Crippen LogP) is 3.72. The van der Waals surface area contributed by atoms with Crippen LogP contribution in [0.5, 0.6) is 11.5 Å². The average molecular weight is 639 g/mol. The van der Waals surface area contributed by atoms with Crippen LogP contribution in [0.4, 0.5) is 0 Å². The lowest BCUT2D eigenvalue weighted by molar-refractivity contribution is -0.142. The van der Waals surface area contributed by atoms with Crippen molar-refractivity contribution in [1.29, 1.82) is 0 Å². The van der Waals surface area contributed by atoms with Crippen molar-refractivity contribution in [3.05, 3.63) is 35.4 Å². The Morgan fingerprint density at radius 3 is 1.96 bits per heavy atom. The number of unbranched alkanes of at least 4 members (excludes halogenated alkanes) is 4. The van der Waals surface area contributed by atoms with Crippen molar-refractivity contribution in [2.45, 2.75) is 77.0 Å². The molecule has 6 atom stereocenters. The van der Waals surface area contributed by atoms with Crippen LogP contribution in [0.1, 0.15) is 82.6 Å². The van der Waals surface area contributed by atoms with Crippen molar-refractivity contribution in [3.8, 4) is 11.5 Å². The van der Waals surface area contributed by atoms with Crippen LogP contribution >= 0.6 is 0 Å².